The lowest BCUT2D eigenvalue weighted by Crippen LogP contribution is -2.46. The molecule has 1 heterocycles. The topological polar surface area (TPSA) is 20.3 Å². The van der Waals surface area contributed by atoms with Crippen LogP contribution in [0.1, 0.15) is 24.5 Å². The number of hydrogen-bond acceptors (Lipinski definition) is 1. The van der Waals surface area contributed by atoms with Gasteiger partial charge in [0.1, 0.15) is 0 Å². The second-order valence-electron chi connectivity index (χ2n) is 5.94. The molecule has 0 spiro atoms. The van der Waals surface area contributed by atoms with Gasteiger partial charge in [-0.15, -0.1) is 0 Å². The normalized spacial score (nSPS) is 27.4. The van der Waals surface area contributed by atoms with Crippen LogP contribution >= 0.6 is 15.9 Å². The van der Waals surface area contributed by atoms with Crippen LogP contribution in [0.25, 0.3) is 0 Å². The zero-order valence-corrected chi connectivity index (χ0v) is 12.9. The average Bonchev–Trinajstić information content (AvgIpc) is 2.85. The third kappa shape index (κ3) is 2.58. The first-order valence-corrected chi connectivity index (χ1v) is 8.06. The standard InChI is InChI=1S/C16H20BrNO/c1-11-6-7-18(10-15(11)17)16(19)14-8-12-4-2-3-5-13(12)9-14/h2-5,11,14-15H,6-10H2,1H3. The summed E-state index contributed by atoms with van der Waals surface area (Å²) in [5.74, 6) is 1.20. The number of likely N-dealkylation sites (tertiary alicyclic amines) is 1. The Morgan fingerprint density at radius 3 is 2.47 bits per heavy atom. The summed E-state index contributed by atoms with van der Waals surface area (Å²) in [6.07, 6.45) is 2.96. The van der Waals surface area contributed by atoms with Crippen LogP contribution in [0.2, 0.25) is 0 Å². The molecule has 2 nitrogen and oxygen atoms in total. The zero-order valence-electron chi connectivity index (χ0n) is 11.3. The lowest BCUT2D eigenvalue weighted by molar-refractivity contribution is -0.136. The van der Waals surface area contributed by atoms with Crippen LogP contribution < -0.4 is 0 Å². The van der Waals surface area contributed by atoms with Crippen molar-refractivity contribution in [2.45, 2.75) is 31.0 Å². The lowest BCUT2D eigenvalue weighted by atomic mass is 9.96. The number of carbonyl (C=O) groups excluding carboxylic acids is 1. The highest BCUT2D eigenvalue weighted by atomic mass is 79.9. The van der Waals surface area contributed by atoms with E-state index in [1.807, 2.05) is 0 Å². The maximum atomic E-state index is 12.6. The summed E-state index contributed by atoms with van der Waals surface area (Å²) in [7, 11) is 0. The van der Waals surface area contributed by atoms with Crippen molar-refractivity contribution in [2.75, 3.05) is 13.1 Å². The molecule has 2 unspecified atom stereocenters. The minimum Gasteiger partial charge on any atom is -0.341 e. The number of nitrogens with zero attached hydrogens (tertiary/aromatic N) is 1. The largest absolute Gasteiger partial charge is 0.341 e. The summed E-state index contributed by atoms with van der Waals surface area (Å²) in [5, 5.41) is 0. The molecule has 2 atom stereocenters. The quantitative estimate of drug-likeness (QED) is 0.728. The summed E-state index contributed by atoms with van der Waals surface area (Å²) < 4.78 is 0. The van der Waals surface area contributed by atoms with E-state index in [0.717, 1.165) is 32.4 Å². The fourth-order valence-corrected chi connectivity index (χ4v) is 3.83. The van der Waals surface area contributed by atoms with Crippen LogP contribution in [0.4, 0.5) is 0 Å². The number of amides is 1. The third-order valence-corrected chi connectivity index (χ3v) is 5.77. The van der Waals surface area contributed by atoms with Crippen molar-refractivity contribution in [1.82, 2.24) is 4.90 Å². The summed E-state index contributed by atoms with van der Waals surface area (Å²) in [4.78, 5) is 15.1. The molecular weight excluding hydrogens is 302 g/mol. The van der Waals surface area contributed by atoms with Crippen LogP contribution in [0.5, 0.6) is 0 Å². The van der Waals surface area contributed by atoms with Gasteiger partial charge in [0.15, 0.2) is 0 Å². The predicted molar refractivity (Wildman–Crippen MR) is 80.4 cm³/mol. The second-order valence-corrected chi connectivity index (χ2v) is 7.12. The number of piperidine rings is 1. The highest BCUT2D eigenvalue weighted by molar-refractivity contribution is 9.09. The minimum absolute atomic E-state index is 0.172. The summed E-state index contributed by atoms with van der Waals surface area (Å²) in [6, 6.07) is 8.47. The van der Waals surface area contributed by atoms with Crippen molar-refractivity contribution < 1.29 is 4.79 Å². The Hall–Kier alpha value is -0.830. The second kappa shape index (κ2) is 5.28. The smallest absolute Gasteiger partial charge is 0.226 e. The Morgan fingerprint density at radius 1 is 1.26 bits per heavy atom. The molecule has 3 heteroatoms. The van der Waals surface area contributed by atoms with Gasteiger partial charge in [0.2, 0.25) is 5.91 Å². The van der Waals surface area contributed by atoms with Gasteiger partial charge in [0, 0.05) is 23.8 Å². The molecule has 0 bridgehead atoms. The van der Waals surface area contributed by atoms with Gasteiger partial charge in [-0.3, -0.25) is 4.79 Å². The molecule has 1 aliphatic carbocycles. The van der Waals surface area contributed by atoms with E-state index in [9.17, 15) is 4.79 Å². The van der Waals surface area contributed by atoms with Crippen LogP contribution in [-0.2, 0) is 17.6 Å². The molecule has 0 N–H and O–H groups in total. The summed E-state index contributed by atoms with van der Waals surface area (Å²) in [6.45, 7) is 4.05. The fraction of sp³-hybridized carbons (Fsp3) is 0.562. The first-order valence-electron chi connectivity index (χ1n) is 7.15. The minimum atomic E-state index is 0.172. The maximum absolute atomic E-state index is 12.6. The van der Waals surface area contributed by atoms with Gasteiger partial charge >= 0.3 is 0 Å². The van der Waals surface area contributed by atoms with E-state index in [1.54, 1.807) is 0 Å². The zero-order chi connectivity index (χ0) is 13.4. The van der Waals surface area contributed by atoms with Gasteiger partial charge in [-0.05, 0) is 36.3 Å². The molecule has 1 fully saturated rings. The molecule has 0 radical (unpaired) electrons. The molecule has 1 aromatic carbocycles. The molecule has 3 rings (SSSR count). The molecule has 2 aliphatic rings. The molecule has 0 saturated carbocycles. The molecule has 1 aromatic rings. The van der Waals surface area contributed by atoms with Gasteiger partial charge in [-0.25, -0.2) is 0 Å². The predicted octanol–water partition coefficient (Wildman–Crippen LogP) is 3.03. The van der Waals surface area contributed by atoms with E-state index < -0.39 is 0 Å². The fourth-order valence-electron chi connectivity index (χ4n) is 3.21. The number of fused-ring (bicyclic) bond motifs is 1. The van der Waals surface area contributed by atoms with E-state index in [0.29, 0.717) is 16.7 Å². The Bertz CT molecular complexity index is 462. The maximum Gasteiger partial charge on any atom is 0.226 e. The number of benzene rings is 1. The third-order valence-electron chi connectivity index (χ3n) is 4.58. The molecule has 0 aromatic heterocycles. The van der Waals surface area contributed by atoms with Crippen molar-refractivity contribution in [2.24, 2.45) is 11.8 Å². The number of carbonyl (C=O) groups is 1. The number of hydrogen-bond donors (Lipinski definition) is 0. The Labute approximate surface area is 123 Å². The van der Waals surface area contributed by atoms with Crippen molar-refractivity contribution in [3.63, 3.8) is 0 Å². The van der Waals surface area contributed by atoms with E-state index in [1.165, 1.54) is 11.1 Å². The average molecular weight is 322 g/mol. The van der Waals surface area contributed by atoms with Crippen molar-refractivity contribution in [1.29, 1.82) is 0 Å². The van der Waals surface area contributed by atoms with Gasteiger partial charge in [-0.1, -0.05) is 47.1 Å². The molecule has 1 saturated heterocycles. The van der Waals surface area contributed by atoms with E-state index in [4.69, 9.17) is 0 Å². The first-order chi connectivity index (χ1) is 9.15. The number of alkyl halides is 1. The molecule has 19 heavy (non-hydrogen) atoms. The SMILES string of the molecule is CC1CCN(C(=O)C2Cc3ccccc3C2)CC1Br. The highest BCUT2D eigenvalue weighted by Crippen LogP contribution is 2.30. The molecular formula is C16H20BrNO. The Morgan fingerprint density at radius 2 is 1.89 bits per heavy atom. The van der Waals surface area contributed by atoms with Crippen LogP contribution in [-0.4, -0.2) is 28.7 Å². The van der Waals surface area contributed by atoms with Gasteiger partial charge in [0.05, 0.1) is 0 Å². The van der Waals surface area contributed by atoms with E-state index in [-0.39, 0.29) is 5.92 Å². The Kier molecular flexibility index (Phi) is 3.66. The van der Waals surface area contributed by atoms with Crippen molar-refractivity contribution >= 4 is 21.8 Å². The highest BCUT2D eigenvalue weighted by Gasteiger charge is 2.33. The monoisotopic (exact) mass is 321 g/mol. The van der Waals surface area contributed by atoms with Crippen LogP contribution in [0.15, 0.2) is 24.3 Å². The van der Waals surface area contributed by atoms with Crippen molar-refractivity contribution in [3.05, 3.63) is 35.4 Å². The van der Waals surface area contributed by atoms with E-state index in [2.05, 4.69) is 52.0 Å². The summed E-state index contributed by atoms with van der Waals surface area (Å²) >= 11 is 3.71. The van der Waals surface area contributed by atoms with Gasteiger partial charge in [0.25, 0.3) is 0 Å². The lowest BCUT2D eigenvalue weighted by Gasteiger charge is -2.35. The molecule has 102 valence electrons. The summed E-state index contributed by atoms with van der Waals surface area (Å²) in [5.41, 5.74) is 2.73. The molecule has 1 amide bonds. The number of rotatable bonds is 1. The van der Waals surface area contributed by atoms with Crippen LogP contribution in [0.3, 0.4) is 0 Å². The van der Waals surface area contributed by atoms with Crippen molar-refractivity contribution in [3.8, 4) is 0 Å². The molecule has 1 aliphatic heterocycles. The van der Waals surface area contributed by atoms with E-state index >= 15 is 0 Å². The first kappa shape index (κ1) is 13.2. The van der Waals surface area contributed by atoms with Gasteiger partial charge in [-0.2, -0.15) is 0 Å². The Balaban J connectivity index is 1.67. The number of halogens is 1. The van der Waals surface area contributed by atoms with Crippen LogP contribution in [0, 0.1) is 11.8 Å². The van der Waals surface area contributed by atoms with Gasteiger partial charge < -0.3 is 4.90 Å².